The molecule has 1 aliphatic heterocycles. The normalized spacial score (nSPS) is 23.1. The summed E-state index contributed by atoms with van der Waals surface area (Å²) in [5, 5.41) is 3.19. The number of halogens is 1. The van der Waals surface area contributed by atoms with Crippen LogP contribution in [0.25, 0.3) is 0 Å². The number of imide groups is 2. The molecule has 8 heteroatoms. The van der Waals surface area contributed by atoms with Crippen LogP contribution < -0.4 is 5.32 Å². The first kappa shape index (κ1) is 19.4. The van der Waals surface area contributed by atoms with Gasteiger partial charge < -0.3 is 5.32 Å². The highest BCUT2D eigenvalue weighted by atomic mass is 35.5. The summed E-state index contributed by atoms with van der Waals surface area (Å²) in [5.41, 5.74) is 1.29. The number of amides is 5. The molecule has 7 nitrogen and oxygen atoms in total. The van der Waals surface area contributed by atoms with Gasteiger partial charge in [0.05, 0.1) is 0 Å². The number of carbonyl (C=O) groups excluding carboxylic acids is 4. The van der Waals surface area contributed by atoms with Gasteiger partial charge >= 0.3 is 17.8 Å². The summed E-state index contributed by atoms with van der Waals surface area (Å²) in [6.07, 6.45) is 3.56. The van der Waals surface area contributed by atoms with Crippen molar-refractivity contribution in [3.05, 3.63) is 28.8 Å². The van der Waals surface area contributed by atoms with Crippen molar-refractivity contribution >= 4 is 41.0 Å². The number of urea groups is 1. The first-order chi connectivity index (χ1) is 12.8. The topological polar surface area (TPSA) is 86.8 Å². The minimum atomic E-state index is -0.944. The van der Waals surface area contributed by atoms with Gasteiger partial charge in [0.1, 0.15) is 6.54 Å². The zero-order valence-electron chi connectivity index (χ0n) is 15.3. The Kier molecular flexibility index (Phi) is 5.51. The summed E-state index contributed by atoms with van der Waals surface area (Å²) in [6.45, 7) is 3.26. The highest BCUT2D eigenvalue weighted by Gasteiger charge is 2.49. The third kappa shape index (κ3) is 3.83. The Morgan fingerprint density at radius 1 is 1.19 bits per heavy atom. The van der Waals surface area contributed by atoms with Crippen LogP contribution in [0.3, 0.4) is 0 Å². The van der Waals surface area contributed by atoms with Crippen molar-refractivity contribution in [1.82, 2.24) is 9.80 Å². The highest BCUT2D eigenvalue weighted by Crippen LogP contribution is 2.31. The third-order valence-electron chi connectivity index (χ3n) is 5.25. The van der Waals surface area contributed by atoms with Gasteiger partial charge in [0, 0.05) is 16.8 Å². The van der Waals surface area contributed by atoms with Gasteiger partial charge in [-0.1, -0.05) is 31.4 Å². The van der Waals surface area contributed by atoms with Gasteiger partial charge in [0.25, 0.3) is 0 Å². The Morgan fingerprint density at radius 3 is 2.56 bits per heavy atom. The lowest BCUT2D eigenvalue weighted by Gasteiger charge is -2.34. The smallest absolute Gasteiger partial charge is 0.324 e. The van der Waals surface area contributed by atoms with E-state index in [2.05, 4.69) is 5.32 Å². The second kappa shape index (κ2) is 7.68. The van der Waals surface area contributed by atoms with E-state index >= 15 is 0 Å². The van der Waals surface area contributed by atoms with Gasteiger partial charge in [0.2, 0.25) is 5.91 Å². The van der Waals surface area contributed by atoms with Crippen LogP contribution in [0.2, 0.25) is 5.02 Å². The maximum atomic E-state index is 12.7. The van der Waals surface area contributed by atoms with Crippen LogP contribution in [0.15, 0.2) is 18.2 Å². The molecule has 144 valence electrons. The molecule has 1 aromatic carbocycles. The van der Waals surface area contributed by atoms with Crippen LogP contribution in [-0.2, 0) is 14.4 Å². The van der Waals surface area contributed by atoms with E-state index in [0.717, 1.165) is 34.6 Å². The van der Waals surface area contributed by atoms with E-state index in [1.54, 1.807) is 25.1 Å². The molecule has 1 saturated heterocycles. The van der Waals surface area contributed by atoms with Crippen LogP contribution in [0.1, 0.15) is 38.2 Å². The van der Waals surface area contributed by atoms with Crippen molar-refractivity contribution < 1.29 is 19.2 Å². The molecular weight excluding hydrogens is 370 g/mol. The molecule has 2 atom stereocenters. The number of nitrogens with one attached hydrogen (secondary N) is 1. The monoisotopic (exact) mass is 391 g/mol. The van der Waals surface area contributed by atoms with Crippen molar-refractivity contribution in [3.8, 4) is 0 Å². The fourth-order valence-electron chi connectivity index (χ4n) is 3.74. The molecule has 3 rings (SSSR count). The molecule has 1 heterocycles. The Balaban J connectivity index is 1.71. The molecule has 0 spiro atoms. The van der Waals surface area contributed by atoms with E-state index in [9.17, 15) is 19.2 Å². The number of nitrogens with zero attached hydrogens (tertiary/aromatic N) is 2. The average molecular weight is 392 g/mol. The first-order valence-corrected chi connectivity index (χ1v) is 9.42. The standard InChI is InChI=1S/C19H22ClN3O4/c1-11-5-3-4-6-15(11)23-18(26)17(25)22(19(23)27)10-16(24)21-14-8-7-13(20)9-12(14)2/h7-9,11,15H,3-6,10H2,1-2H3,(H,21,24)/t11-,15-/m0/s1. The SMILES string of the molecule is Cc1cc(Cl)ccc1NC(=O)CN1C(=O)C(=O)N([C@H]2CCCC[C@@H]2C)C1=O. The summed E-state index contributed by atoms with van der Waals surface area (Å²) in [5.74, 6) is -2.19. The second-order valence-electron chi connectivity index (χ2n) is 7.19. The predicted molar refractivity (Wildman–Crippen MR) is 100 cm³/mol. The largest absolute Gasteiger partial charge is 0.334 e. The van der Waals surface area contributed by atoms with E-state index in [0.29, 0.717) is 17.1 Å². The minimum absolute atomic E-state index is 0.143. The van der Waals surface area contributed by atoms with Crippen molar-refractivity contribution in [2.45, 2.75) is 45.6 Å². The summed E-state index contributed by atoms with van der Waals surface area (Å²) in [6, 6.07) is 3.98. The number of anilines is 1. The number of hydrogen-bond acceptors (Lipinski definition) is 4. The average Bonchev–Trinajstić information content (AvgIpc) is 2.82. The van der Waals surface area contributed by atoms with E-state index in [-0.39, 0.29) is 12.0 Å². The molecule has 0 aromatic heterocycles. The number of carbonyl (C=O) groups is 4. The molecule has 27 heavy (non-hydrogen) atoms. The zero-order chi connectivity index (χ0) is 19.7. The molecular formula is C19H22ClN3O4. The summed E-state index contributed by atoms with van der Waals surface area (Å²) in [7, 11) is 0. The van der Waals surface area contributed by atoms with E-state index < -0.39 is 30.3 Å². The molecule has 2 aliphatic rings. The molecule has 0 bridgehead atoms. The summed E-state index contributed by atoms with van der Waals surface area (Å²) < 4.78 is 0. The van der Waals surface area contributed by atoms with Gasteiger partial charge in [-0.05, 0) is 49.4 Å². The zero-order valence-corrected chi connectivity index (χ0v) is 16.1. The number of aryl methyl sites for hydroxylation is 1. The molecule has 2 fully saturated rings. The van der Waals surface area contributed by atoms with Crippen LogP contribution in [0, 0.1) is 12.8 Å². The second-order valence-corrected chi connectivity index (χ2v) is 7.62. The van der Waals surface area contributed by atoms with Crippen LogP contribution >= 0.6 is 11.6 Å². The third-order valence-corrected chi connectivity index (χ3v) is 5.48. The van der Waals surface area contributed by atoms with Gasteiger partial charge in [-0.15, -0.1) is 0 Å². The lowest BCUT2D eigenvalue weighted by molar-refractivity contribution is -0.145. The number of hydrogen-bond donors (Lipinski definition) is 1. The van der Waals surface area contributed by atoms with E-state index in [1.165, 1.54) is 0 Å². The quantitative estimate of drug-likeness (QED) is 0.631. The Hall–Kier alpha value is -2.41. The Labute approximate surface area is 162 Å². The summed E-state index contributed by atoms with van der Waals surface area (Å²) >= 11 is 5.89. The Bertz CT molecular complexity index is 810. The van der Waals surface area contributed by atoms with Crippen molar-refractivity contribution in [2.75, 3.05) is 11.9 Å². The van der Waals surface area contributed by atoms with Crippen LogP contribution in [-0.4, -0.2) is 46.1 Å². The molecule has 1 saturated carbocycles. The maximum Gasteiger partial charge on any atom is 0.334 e. The maximum absolute atomic E-state index is 12.7. The predicted octanol–water partition coefficient (Wildman–Crippen LogP) is 2.96. The van der Waals surface area contributed by atoms with Crippen LogP contribution in [0.4, 0.5) is 10.5 Å². The van der Waals surface area contributed by atoms with Crippen molar-refractivity contribution in [2.24, 2.45) is 5.92 Å². The molecule has 1 aliphatic carbocycles. The molecule has 0 unspecified atom stereocenters. The van der Waals surface area contributed by atoms with E-state index in [4.69, 9.17) is 11.6 Å². The fourth-order valence-corrected chi connectivity index (χ4v) is 3.96. The number of rotatable bonds is 4. The fraction of sp³-hybridized carbons (Fsp3) is 0.474. The first-order valence-electron chi connectivity index (χ1n) is 9.04. The lowest BCUT2D eigenvalue weighted by atomic mass is 9.85. The highest BCUT2D eigenvalue weighted by molar-refractivity contribution is 6.45. The molecule has 0 radical (unpaired) electrons. The van der Waals surface area contributed by atoms with Crippen molar-refractivity contribution in [1.29, 1.82) is 0 Å². The van der Waals surface area contributed by atoms with E-state index in [1.807, 2.05) is 6.92 Å². The molecule has 1 N–H and O–H groups in total. The Morgan fingerprint density at radius 2 is 1.89 bits per heavy atom. The van der Waals surface area contributed by atoms with Gasteiger partial charge in [-0.2, -0.15) is 0 Å². The molecule has 1 aromatic rings. The lowest BCUT2D eigenvalue weighted by Crippen LogP contribution is -2.46. The van der Waals surface area contributed by atoms with Crippen LogP contribution in [0.5, 0.6) is 0 Å². The van der Waals surface area contributed by atoms with Gasteiger partial charge in [-0.3, -0.25) is 19.3 Å². The molecule has 5 amide bonds. The number of benzene rings is 1. The minimum Gasteiger partial charge on any atom is -0.324 e. The van der Waals surface area contributed by atoms with Gasteiger partial charge in [-0.25, -0.2) is 9.69 Å². The van der Waals surface area contributed by atoms with Crippen molar-refractivity contribution in [3.63, 3.8) is 0 Å². The summed E-state index contributed by atoms with van der Waals surface area (Å²) in [4.78, 5) is 51.5. The van der Waals surface area contributed by atoms with Gasteiger partial charge in [0.15, 0.2) is 0 Å².